The monoisotopic (exact) mass is 246 g/mol. The van der Waals surface area contributed by atoms with E-state index in [0.717, 1.165) is 12.1 Å². The molecule has 0 aliphatic heterocycles. The van der Waals surface area contributed by atoms with E-state index in [2.05, 4.69) is 48.5 Å². The number of aromatic nitrogens is 1. The van der Waals surface area contributed by atoms with Crippen molar-refractivity contribution < 1.29 is 0 Å². The normalized spacial score (nSPS) is 12.6. The fourth-order valence-electron chi connectivity index (χ4n) is 1.63. The van der Waals surface area contributed by atoms with Crippen molar-refractivity contribution in [1.82, 2.24) is 4.98 Å². The summed E-state index contributed by atoms with van der Waals surface area (Å²) in [5.74, 6) is 0.359. The van der Waals surface area contributed by atoms with Crippen LogP contribution in [0.25, 0.3) is 0 Å². The summed E-state index contributed by atoms with van der Waals surface area (Å²) in [5.41, 5.74) is 9.38. The van der Waals surface area contributed by atoms with E-state index in [1.54, 1.807) is 11.3 Å². The second-order valence-electron chi connectivity index (χ2n) is 4.47. The summed E-state index contributed by atoms with van der Waals surface area (Å²) < 4.78 is 0. The van der Waals surface area contributed by atoms with Gasteiger partial charge in [0.1, 0.15) is 0 Å². The smallest absolute Gasteiger partial charge is 0.0972 e. The third-order valence-electron chi connectivity index (χ3n) is 2.90. The molecule has 0 saturated carbocycles. The molecule has 2 aromatic rings. The van der Waals surface area contributed by atoms with Crippen molar-refractivity contribution in [3.63, 3.8) is 0 Å². The third-order valence-corrected chi connectivity index (χ3v) is 3.77. The molecule has 0 spiro atoms. The maximum Gasteiger partial charge on any atom is 0.0972 e. The minimum absolute atomic E-state index is 0.359. The van der Waals surface area contributed by atoms with E-state index in [1.807, 2.05) is 0 Å². The van der Waals surface area contributed by atoms with Crippen LogP contribution in [0.2, 0.25) is 0 Å². The Morgan fingerprint density at radius 1 is 1.29 bits per heavy atom. The summed E-state index contributed by atoms with van der Waals surface area (Å²) in [4.78, 5) is 4.64. The highest BCUT2D eigenvalue weighted by molar-refractivity contribution is 7.09. The van der Waals surface area contributed by atoms with Crippen LogP contribution in [0.15, 0.2) is 29.6 Å². The molecule has 1 aromatic heterocycles. The molecule has 2 rings (SSSR count). The first kappa shape index (κ1) is 12.3. The number of benzene rings is 1. The molecule has 1 unspecified atom stereocenters. The number of rotatable bonds is 4. The van der Waals surface area contributed by atoms with Crippen LogP contribution in [-0.4, -0.2) is 11.5 Å². The van der Waals surface area contributed by atoms with Crippen molar-refractivity contribution in [3.8, 4) is 0 Å². The van der Waals surface area contributed by atoms with Crippen molar-refractivity contribution in [1.29, 1.82) is 0 Å². The van der Waals surface area contributed by atoms with Crippen molar-refractivity contribution in [3.05, 3.63) is 51.5 Å². The largest absolute Gasteiger partial charge is 0.330 e. The summed E-state index contributed by atoms with van der Waals surface area (Å²) in [6.07, 6.45) is 0.919. The highest BCUT2D eigenvalue weighted by atomic mass is 32.1. The molecule has 0 radical (unpaired) electrons. The molecule has 0 saturated heterocycles. The summed E-state index contributed by atoms with van der Waals surface area (Å²) in [5, 5.41) is 3.30. The zero-order valence-corrected chi connectivity index (χ0v) is 11.1. The second kappa shape index (κ2) is 5.43. The lowest BCUT2D eigenvalue weighted by Gasteiger charge is -2.03. The molecule has 0 aliphatic rings. The molecule has 17 heavy (non-hydrogen) atoms. The number of nitrogens with zero attached hydrogens (tertiary/aromatic N) is 1. The Bertz CT molecular complexity index is 473. The number of hydrogen-bond acceptors (Lipinski definition) is 3. The van der Waals surface area contributed by atoms with Crippen LogP contribution in [-0.2, 0) is 6.42 Å². The molecular weight excluding hydrogens is 228 g/mol. The fourth-order valence-corrected chi connectivity index (χ4v) is 2.58. The molecule has 0 amide bonds. The molecule has 2 nitrogen and oxygen atoms in total. The molecule has 1 aromatic carbocycles. The van der Waals surface area contributed by atoms with Crippen molar-refractivity contribution in [2.75, 3.05) is 6.54 Å². The second-order valence-corrected chi connectivity index (χ2v) is 5.41. The van der Waals surface area contributed by atoms with E-state index >= 15 is 0 Å². The van der Waals surface area contributed by atoms with Crippen molar-refractivity contribution in [2.24, 2.45) is 5.73 Å². The molecule has 0 fully saturated rings. The topological polar surface area (TPSA) is 38.9 Å². The molecule has 1 atom stereocenters. The summed E-state index contributed by atoms with van der Waals surface area (Å²) >= 11 is 1.73. The molecule has 90 valence electrons. The summed E-state index contributed by atoms with van der Waals surface area (Å²) in [7, 11) is 0. The van der Waals surface area contributed by atoms with Crippen LogP contribution in [0.3, 0.4) is 0 Å². The molecule has 2 N–H and O–H groups in total. The van der Waals surface area contributed by atoms with E-state index < -0.39 is 0 Å². The van der Waals surface area contributed by atoms with Crippen molar-refractivity contribution >= 4 is 11.3 Å². The van der Waals surface area contributed by atoms with Gasteiger partial charge >= 0.3 is 0 Å². The molecule has 0 bridgehead atoms. The van der Waals surface area contributed by atoms with Crippen LogP contribution >= 0.6 is 11.3 Å². The van der Waals surface area contributed by atoms with E-state index in [1.165, 1.54) is 16.1 Å². The van der Waals surface area contributed by atoms with Gasteiger partial charge in [-0.05, 0) is 12.5 Å². The summed E-state index contributed by atoms with van der Waals surface area (Å²) in [6, 6.07) is 8.63. The Morgan fingerprint density at radius 3 is 2.65 bits per heavy atom. The Kier molecular flexibility index (Phi) is 3.92. The number of nitrogens with two attached hydrogens (primary N) is 1. The quantitative estimate of drug-likeness (QED) is 0.900. The molecule has 0 aliphatic carbocycles. The van der Waals surface area contributed by atoms with E-state index in [4.69, 9.17) is 5.73 Å². The van der Waals surface area contributed by atoms with Gasteiger partial charge in [0.25, 0.3) is 0 Å². The van der Waals surface area contributed by atoms with Crippen LogP contribution < -0.4 is 5.73 Å². The van der Waals surface area contributed by atoms with Gasteiger partial charge in [-0.3, -0.25) is 0 Å². The lowest BCUT2D eigenvalue weighted by molar-refractivity contribution is 0.748. The Morgan fingerprint density at radius 2 is 2.00 bits per heavy atom. The maximum atomic E-state index is 5.65. The first-order valence-electron chi connectivity index (χ1n) is 5.89. The van der Waals surface area contributed by atoms with Crippen molar-refractivity contribution in [2.45, 2.75) is 26.2 Å². The number of thiazole rings is 1. The molecule has 1 heterocycles. The van der Waals surface area contributed by atoms with Crippen LogP contribution in [0.1, 0.15) is 34.7 Å². The summed E-state index contributed by atoms with van der Waals surface area (Å²) in [6.45, 7) is 4.88. The zero-order chi connectivity index (χ0) is 12.3. The standard InChI is InChI=1S/C14H18N2S/c1-10-3-5-12(6-4-10)7-14-16-13(9-17-14)11(2)8-15/h3-6,9,11H,7-8,15H2,1-2H3. The average molecular weight is 246 g/mol. The first-order valence-corrected chi connectivity index (χ1v) is 6.77. The minimum Gasteiger partial charge on any atom is -0.330 e. The Hall–Kier alpha value is -1.19. The maximum absolute atomic E-state index is 5.65. The third kappa shape index (κ3) is 3.14. The van der Waals surface area contributed by atoms with Crippen LogP contribution in [0.5, 0.6) is 0 Å². The number of hydrogen-bond donors (Lipinski definition) is 1. The minimum atomic E-state index is 0.359. The predicted octanol–water partition coefficient (Wildman–Crippen LogP) is 3.10. The van der Waals surface area contributed by atoms with E-state index in [-0.39, 0.29) is 0 Å². The fraction of sp³-hybridized carbons (Fsp3) is 0.357. The van der Waals surface area contributed by atoms with Gasteiger partial charge in [-0.1, -0.05) is 36.8 Å². The number of aryl methyl sites for hydroxylation is 1. The van der Waals surface area contributed by atoms with Gasteiger partial charge in [-0.25, -0.2) is 4.98 Å². The zero-order valence-electron chi connectivity index (χ0n) is 10.3. The first-order chi connectivity index (χ1) is 8.19. The van der Waals surface area contributed by atoms with Gasteiger partial charge in [0.2, 0.25) is 0 Å². The SMILES string of the molecule is Cc1ccc(Cc2nc(C(C)CN)cs2)cc1. The lowest BCUT2D eigenvalue weighted by Crippen LogP contribution is -2.09. The average Bonchev–Trinajstić information content (AvgIpc) is 2.80. The van der Waals surface area contributed by atoms with E-state index in [9.17, 15) is 0 Å². The van der Waals surface area contributed by atoms with Gasteiger partial charge < -0.3 is 5.73 Å². The highest BCUT2D eigenvalue weighted by Gasteiger charge is 2.08. The highest BCUT2D eigenvalue weighted by Crippen LogP contribution is 2.20. The van der Waals surface area contributed by atoms with Gasteiger partial charge in [0.15, 0.2) is 0 Å². The van der Waals surface area contributed by atoms with Gasteiger partial charge in [0, 0.05) is 24.3 Å². The Labute approximate surface area is 107 Å². The lowest BCUT2D eigenvalue weighted by atomic mass is 10.1. The van der Waals surface area contributed by atoms with Gasteiger partial charge in [-0.2, -0.15) is 0 Å². The molecule has 3 heteroatoms. The van der Waals surface area contributed by atoms with E-state index in [0.29, 0.717) is 12.5 Å². The van der Waals surface area contributed by atoms with Gasteiger partial charge in [0.05, 0.1) is 10.7 Å². The van der Waals surface area contributed by atoms with Crippen LogP contribution in [0, 0.1) is 6.92 Å². The predicted molar refractivity (Wildman–Crippen MR) is 73.6 cm³/mol. The molecular formula is C14H18N2S. The Balaban J connectivity index is 2.08. The van der Waals surface area contributed by atoms with Crippen LogP contribution in [0.4, 0.5) is 0 Å². The van der Waals surface area contributed by atoms with Gasteiger partial charge in [-0.15, -0.1) is 11.3 Å².